The summed E-state index contributed by atoms with van der Waals surface area (Å²) < 4.78 is 33.3. The molecule has 0 bridgehead atoms. The van der Waals surface area contributed by atoms with Crippen molar-refractivity contribution in [3.8, 4) is 0 Å². The smallest absolute Gasteiger partial charge is 0.409 e. The molecule has 1 saturated heterocycles. The SMILES string of the molecule is CCOC(=O)N1CCN(S(=O)(=O)c2ccc(C(=O)Nc3nc4ccc(SC)cc4s3)cc2)CC1. The van der Waals surface area contributed by atoms with Crippen molar-refractivity contribution in [2.75, 3.05) is 44.4 Å². The number of aromatic nitrogens is 1. The number of thioether (sulfide) groups is 1. The lowest BCUT2D eigenvalue weighted by molar-refractivity contribution is 0.0933. The van der Waals surface area contributed by atoms with Crippen LogP contribution in [-0.2, 0) is 14.8 Å². The van der Waals surface area contributed by atoms with Gasteiger partial charge in [0.05, 0.1) is 21.7 Å². The van der Waals surface area contributed by atoms with E-state index in [-0.39, 0.29) is 43.6 Å². The van der Waals surface area contributed by atoms with Crippen LogP contribution in [0.25, 0.3) is 10.2 Å². The highest BCUT2D eigenvalue weighted by molar-refractivity contribution is 7.98. The summed E-state index contributed by atoms with van der Waals surface area (Å²) in [5, 5.41) is 3.27. The van der Waals surface area contributed by atoms with Gasteiger partial charge in [0.1, 0.15) is 0 Å². The highest BCUT2D eigenvalue weighted by Gasteiger charge is 2.30. The van der Waals surface area contributed by atoms with Gasteiger partial charge in [-0.1, -0.05) is 11.3 Å². The van der Waals surface area contributed by atoms with Gasteiger partial charge in [0.15, 0.2) is 5.13 Å². The largest absolute Gasteiger partial charge is 0.450 e. The van der Waals surface area contributed by atoms with Crippen molar-refractivity contribution in [3.63, 3.8) is 0 Å². The number of ether oxygens (including phenoxy) is 1. The second-order valence-electron chi connectivity index (χ2n) is 7.42. The third-order valence-corrected chi connectivity index (χ3v) is 8.91. The lowest BCUT2D eigenvalue weighted by Gasteiger charge is -2.33. The number of hydrogen-bond acceptors (Lipinski definition) is 8. The molecule has 0 atom stereocenters. The molecule has 2 heterocycles. The number of hydrogen-bond donors (Lipinski definition) is 1. The number of fused-ring (bicyclic) bond motifs is 1. The monoisotopic (exact) mass is 520 g/mol. The van der Waals surface area contributed by atoms with Crippen LogP contribution in [0.4, 0.5) is 9.93 Å². The zero-order chi connectivity index (χ0) is 24.3. The van der Waals surface area contributed by atoms with Gasteiger partial charge in [0.2, 0.25) is 10.0 Å². The van der Waals surface area contributed by atoms with Gasteiger partial charge in [-0.2, -0.15) is 4.31 Å². The molecular weight excluding hydrogens is 496 g/mol. The first-order chi connectivity index (χ1) is 16.3. The van der Waals surface area contributed by atoms with Gasteiger partial charge in [-0.05, 0) is 55.6 Å². The number of carbonyl (C=O) groups is 2. The first-order valence-corrected chi connectivity index (χ1v) is 14.1. The minimum Gasteiger partial charge on any atom is -0.450 e. The van der Waals surface area contributed by atoms with Gasteiger partial charge in [0, 0.05) is 36.6 Å². The highest BCUT2D eigenvalue weighted by Crippen LogP contribution is 2.29. The molecule has 1 fully saturated rings. The van der Waals surface area contributed by atoms with Gasteiger partial charge < -0.3 is 9.64 Å². The summed E-state index contributed by atoms with van der Waals surface area (Å²) in [6.45, 7) is 2.88. The Morgan fingerprint density at radius 3 is 2.47 bits per heavy atom. The third-order valence-electron chi connectivity index (χ3n) is 5.33. The van der Waals surface area contributed by atoms with Crippen molar-refractivity contribution >= 4 is 60.5 Å². The summed E-state index contributed by atoms with van der Waals surface area (Å²) in [5.41, 5.74) is 1.14. The van der Waals surface area contributed by atoms with E-state index in [1.165, 1.54) is 44.8 Å². The van der Waals surface area contributed by atoms with E-state index >= 15 is 0 Å². The second kappa shape index (κ2) is 10.3. The fourth-order valence-corrected chi connectivity index (χ4v) is 6.34. The molecule has 1 aromatic heterocycles. The predicted molar refractivity (Wildman–Crippen MR) is 133 cm³/mol. The van der Waals surface area contributed by atoms with Crippen molar-refractivity contribution < 1.29 is 22.7 Å². The lowest BCUT2D eigenvalue weighted by Crippen LogP contribution is -2.50. The van der Waals surface area contributed by atoms with Crippen LogP contribution >= 0.6 is 23.1 Å². The average Bonchev–Trinajstić information content (AvgIpc) is 3.25. The molecule has 34 heavy (non-hydrogen) atoms. The maximum absolute atomic E-state index is 13.0. The van der Waals surface area contributed by atoms with Crippen LogP contribution < -0.4 is 5.32 Å². The Kier molecular flexibility index (Phi) is 7.41. The molecule has 1 aliphatic heterocycles. The molecule has 180 valence electrons. The van der Waals surface area contributed by atoms with Gasteiger partial charge in [0.25, 0.3) is 5.91 Å². The van der Waals surface area contributed by atoms with E-state index in [9.17, 15) is 18.0 Å². The van der Waals surface area contributed by atoms with Gasteiger partial charge in [-0.3, -0.25) is 10.1 Å². The van der Waals surface area contributed by atoms with Crippen LogP contribution in [0.2, 0.25) is 0 Å². The molecule has 0 unspecified atom stereocenters. The predicted octanol–water partition coefficient (Wildman–Crippen LogP) is 3.73. The minimum atomic E-state index is -3.74. The number of sulfonamides is 1. The van der Waals surface area contributed by atoms with Crippen LogP contribution in [0.5, 0.6) is 0 Å². The minimum absolute atomic E-state index is 0.0956. The molecular formula is C22H24N4O5S3. The molecule has 2 amide bonds. The molecule has 0 radical (unpaired) electrons. The summed E-state index contributed by atoms with van der Waals surface area (Å²) in [6.07, 6.45) is 1.56. The topological polar surface area (TPSA) is 109 Å². The number of anilines is 1. The molecule has 3 aromatic rings. The van der Waals surface area contributed by atoms with Crippen LogP contribution in [0.15, 0.2) is 52.3 Å². The van der Waals surface area contributed by atoms with Crippen LogP contribution in [-0.4, -0.2) is 73.6 Å². The summed E-state index contributed by atoms with van der Waals surface area (Å²) in [4.78, 5) is 31.6. The van der Waals surface area contributed by atoms with E-state index in [4.69, 9.17) is 4.74 Å². The Morgan fingerprint density at radius 2 is 1.82 bits per heavy atom. The molecule has 2 aromatic carbocycles. The quantitative estimate of drug-likeness (QED) is 0.493. The summed E-state index contributed by atoms with van der Waals surface area (Å²) in [5.74, 6) is -0.365. The molecule has 1 aliphatic rings. The van der Waals surface area contributed by atoms with Crippen molar-refractivity contribution in [1.82, 2.24) is 14.2 Å². The molecule has 0 aliphatic carbocycles. The Bertz CT molecular complexity index is 1300. The van der Waals surface area contributed by atoms with Gasteiger partial charge in [-0.25, -0.2) is 18.2 Å². The Labute approximate surface area is 206 Å². The van der Waals surface area contributed by atoms with Crippen LogP contribution in [0.3, 0.4) is 0 Å². The molecule has 4 rings (SSSR count). The Hall–Kier alpha value is -2.67. The van der Waals surface area contributed by atoms with Gasteiger partial charge in [-0.15, -0.1) is 11.8 Å². The van der Waals surface area contributed by atoms with Crippen molar-refractivity contribution in [1.29, 1.82) is 0 Å². The summed E-state index contributed by atoms with van der Waals surface area (Å²) in [6, 6.07) is 11.7. The van der Waals surface area contributed by atoms with Crippen LogP contribution in [0.1, 0.15) is 17.3 Å². The van der Waals surface area contributed by atoms with E-state index in [0.29, 0.717) is 10.7 Å². The first-order valence-electron chi connectivity index (χ1n) is 10.6. The number of benzene rings is 2. The summed E-state index contributed by atoms with van der Waals surface area (Å²) in [7, 11) is -3.74. The number of rotatable bonds is 6. The van der Waals surface area contributed by atoms with Crippen LogP contribution in [0, 0.1) is 0 Å². The zero-order valence-corrected chi connectivity index (χ0v) is 21.1. The van der Waals surface area contributed by atoms with Crippen molar-refractivity contribution in [2.45, 2.75) is 16.7 Å². The second-order valence-corrected chi connectivity index (χ2v) is 11.3. The number of nitrogens with one attached hydrogen (secondary N) is 1. The van der Waals surface area contributed by atoms with E-state index in [1.807, 2.05) is 24.5 Å². The van der Waals surface area contributed by atoms with E-state index in [2.05, 4.69) is 10.3 Å². The maximum atomic E-state index is 13.0. The molecule has 1 N–H and O–H groups in total. The van der Waals surface area contributed by atoms with E-state index in [0.717, 1.165) is 15.1 Å². The van der Waals surface area contributed by atoms with Crippen molar-refractivity contribution in [2.24, 2.45) is 0 Å². The zero-order valence-electron chi connectivity index (χ0n) is 18.7. The summed E-state index contributed by atoms with van der Waals surface area (Å²) >= 11 is 3.02. The number of carbonyl (C=O) groups excluding carboxylic acids is 2. The lowest BCUT2D eigenvalue weighted by atomic mass is 10.2. The van der Waals surface area contributed by atoms with Gasteiger partial charge >= 0.3 is 6.09 Å². The Balaban J connectivity index is 1.41. The number of amides is 2. The third kappa shape index (κ3) is 5.19. The van der Waals surface area contributed by atoms with Crippen molar-refractivity contribution in [3.05, 3.63) is 48.0 Å². The fraction of sp³-hybridized carbons (Fsp3) is 0.318. The number of nitrogens with zero attached hydrogens (tertiary/aromatic N) is 3. The van der Waals surface area contributed by atoms with E-state index < -0.39 is 16.1 Å². The maximum Gasteiger partial charge on any atom is 0.409 e. The Morgan fingerprint density at radius 1 is 1.12 bits per heavy atom. The molecule has 12 heteroatoms. The standard InChI is InChI=1S/C22H24N4O5S3/c1-3-31-22(28)25-10-12-26(13-11-25)34(29,30)17-7-4-15(5-8-17)20(27)24-21-23-18-9-6-16(32-2)14-19(18)33-21/h4-9,14H,3,10-13H2,1-2H3,(H,23,24,27). The average molecular weight is 521 g/mol. The molecule has 0 saturated carbocycles. The number of piperazine rings is 1. The highest BCUT2D eigenvalue weighted by atomic mass is 32.2. The fourth-order valence-electron chi connectivity index (χ4n) is 3.51. The molecule has 0 spiro atoms. The molecule has 9 nitrogen and oxygen atoms in total. The normalized spacial score (nSPS) is 14.8. The van der Waals surface area contributed by atoms with E-state index in [1.54, 1.807) is 18.7 Å². The first kappa shape index (κ1) is 24.5. The number of thiazole rings is 1.